The van der Waals surface area contributed by atoms with Gasteiger partial charge >= 0.3 is 0 Å². The number of piperazine rings is 1. The van der Waals surface area contributed by atoms with E-state index in [9.17, 15) is 0 Å². The zero-order valence-electron chi connectivity index (χ0n) is 12.4. The number of nitrogens with one attached hydrogen (secondary N) is 1. The monoisotopic (exact) mass is 275 g/mol. The van der Waals surface area contributed by atoms with Gasteiger partial charge in [-0.2, -0.15) is 0 Å². The van der Waals surface area contributed by atoms with Gasteiger partial charge < -0.3 is 10.2 Å². The van der Waals surface area contributed by atoms with Crippen LogP contribution in [-0.4, -0.2) is 60.7 Å². The van der Waals surface area contributed by atoms with Crippen LogP contribution in [0, 0.1) is 0 Å². The van der Waals surface area contributed by atoms with Gasteiger partial charge in [-0.25, -0.2) is 9.97 Å². The summed E-state index contributed by atoms with van der Waals surface area (Å²) < 4.78 is 0. The van der Waals surface area contributed by atoms with E-state index in [0.29, 0.717) is 0 Å². The van der Waals surface area contributed by atoms with E-state index in [-0.39, 0.29) is 0 Å². The van der Waals surface area contributed by atoms with Crippen molar-refractivity contribution in [2.24, 2.45) is 0 Å². The molecule has 110 valence electrons. The van der Waals surface area contributed by atoms with Crippen LogP contribution in [0.4, 0.5) is 5.95 Å². The molecule has 5 nitrogen and oxygen atoms in total. The molecule has 0 aliphatic carbocycles. The Morgan fingerprint density at radius 2 is 1.95 bits per heavy atom. The van der Waals surface area contributed by atoms with Gasteiger partial charge in [-0.15, -0.1) is 0 Å². The van der Waals surface area contributed by atoms with Crippen molar-refractivity contribution in [1.29, 1.82) is 0 Å². The number of aromatic nitrogens is 2. The summed E-state index contributed by atoms with van der Waals surface area (Å²) in [6.07, 6.45) is 4.77. The highest BCUT2D eigenvalue weighted by Gasteiger charge is 2.18. The van der Waals surface area contributed by atoms with Crippen LogP contribution in [-0.2, 0) is 0 Å². The maximum atomic E-state index is 4.31. The number of rotatable bonds is 7. The molecular weight excluding hydrogens is 250 g/mol. The van der Waals surface area contributed by atoms with Crippen LogP contribution < -0.4 is 10.2 Å². The van der Waals surface area contributed by atoms with E-state index in [0.717, 1.165) is 51.8 Å². The molecule has 1 aliphatic heterocycles. The average Bonchev–Trinajstić information content (AvgIpc) is 2.49. The molecule has 1 aromatic rings. The predicted octanol–water partition coefficient (Wildman–Crippen LogP) is 1.15. The quantitative estimate of drug-likeness (QED) is 0.597. The lowest BCUT2D eigenvalue weighted by atomic mass is 10.2. The van der Waals surface area contributed by atoms with E-state index in [1.165, 1.54) is 12.0 Å². The van der Waals surface area contributed by atoms with Crippen LogP contribution in [0.5, 0.6) is 0 Å². The van der Waals surface area contributed by atoms with Crippen molar-refractivity contribution in [2.45, 2.75) is 13.3 Å². The van der Waals surface area contributed by atoms with Crippen LogP contribution in [0.3, 0.4) is 0 Å². The molecular formula is C15H25N5. The molecule has 0 unspecified atom stereocenters. The average molecular weight is 275 g/mol. The Morgan fingerprint density at radius 3 is 2.60 bits per heavy atom. The van der Waals surface area contributed by atoms with Gasteiger partial charge in [0.2, 0.25) is 5.95 Å². The fraction of sp³-hybridized carbons (Fsp3) is 0.600. The summed E-state index contributed by atoms with van der Waals surface area (Å²) >= 11 is 0. The molecule has 5 heteroatoms. The minimum atomic E-state index is 0.843. The van der Waals surface area contributed by atoms with Crippen molar-refractivity contribution in [2.75, 3.05) is 50.7 Å². The largest absolute Gasteiger partial charge is 0.338 e. The van der Waals surface area contributed by atoms with E-state index in [2.05, 4.69) is 38.6 Å². The summed E-state index contributed by atoms with van der Waals surface area (Å²) in [5.41, 5.74) is 1.27. The first-order valence-corrected chi connectivity index (χ1v) is 7.41. The van der Waals surface area contributed by atoms with Gasteiger partial charge in [-0.3, -0.25) is 4.90 Å². The summed E-state index contributed by atoms with van der Waals surface area (Å²) in [7, 11) is 0. The highest BCUT2D eigenvalue weighted by atomic mass is 15.3. The molecule has 2 heterocycles. The second-order valence-electron chi connectivity index (χ2n) is 5.24. The smallest absolute Gasteiger partial charge is 0.225 e. The second-order valence-corrected chi connectivity index (χ2v) is 5.24. The topological polar surface area (TPSA) is 44.3 Å². The Labute approximate surface area is 121 Å². The molecule has 1 aromatic heterocycles. The van der Waals surface area contributed by atoms with Crippen LogP contribution in [0.1, 0.15) is 13.3 Å². The molecule has 0 saturated carbocycles. The molecule has 2 rings (SSSR count). The third-order valence-electron chi connectivity index (χ3n) is 3.46. The maximum Gasteiger partial charge on any atom is 0.225 e. The van der Waals surface area contributed by atoms with E-state index in [4.69, 9.17) is 0 Å². The normalized spacial score (nSPS) is 16.4. The maximum absolute atomic E-state index is 4.31. The van der Waals surface area contributed by atoms with Crippen molar-refractivity contribution in [1.82, 2.24) is 20.2 Å². The van der Waals surface area contributed by atoms with E-state index in [1.54, 1.807) is 12.4 Å². The minimum Gasteiger partial charge on any atom is -0.338 e. The molecule has 1 saturated heterocycles. The van der Waals surface area contributed by atoms with Gasteiger partial charge in [-0.1, -0.05) is 13.5 Å². The third kappa shape index (κ3) is 4.58. The molecule has 0 spiro atoms. The van der Waals surface area contributed by atoms with Crippen LogP contribution in [0.25, 0.3) is 0 Å². The lowest BCUT2D eigenvalue weighted by molar-refractivity contribution is 0.275. The Kier molecular flexibility index (Phi) is 5.95. The highest BCUT2D eigenvalue weighted by Crippen LogP contribution is 2.10. The Hall–Kier alpha value is -1.46. The summed E-state index contributed by atoms with van der Waals surface area (Å²) in [4.78, 5) is 13.3. The van der Waals surface area contributed by atoms with Crippen molar-refractivity contribution >= 4 is 5.95 Å². The first-order valence-electron chi connectivity index (χ1n) is 7.41. The fourth-order valence-electron chi connectivity index (χ4n) is 2.37. The van der Waals surface area contributed by atoms with E-state index < -0.39 is 0 Å². The van der Waals surface area contributed by atoms with Crippen molar-refractivity contribution in [3.05, 3.63) is 30.6 Å². The van der Waals surface area contributed by atoms with Crippen LogP contribution >= 0.6 is 0 Å². The minimum absolute atomic E-state index is 0.843. The Bertz CT molecular complexity index is 398. The van der Waals surface area contributed by atoms with Gasteiger partial charge in [0.25, 0.3) is 0 Å². The Balaban J connectivity index is 1.70. The van der Waals surface area contributed by atoms with Crippen molar-refractivity contribution in [3.63, 3.8) is 0 Å². The van der Waals surface area contributed by atoms with Gasteiger partial charge in [0.1, 0.15) is 0 Å². The van der Waals surface area contributed by atoms with Crippen molar-refractivity contribution in [3.8, 4) is 0 Å². The first-order chi connectivity index (χ1) is 9.79. The molecule has 0 amide bonds. The molecule has 1 aliphatic rings. The molecule has 20 heavy (non-hydrogen) atoms. The summed E-state index contributed by atoms with van der Waals surface area (Å²) in [5.74, 6) is 0.843. The van der Waals surface area contributed by atoms with Gasteiger partial charge in [0, 0.05) is 51.7 Å². The second kappa shape index (κ2) is 7.97. The lowest BCUT2D eigenvalue weighted by Gasteiger charge is -2.35. The zero-order chi connectivity index (χ0) is 14.2. The number of hydrogen-bond acceptors (Lipinski definition) is 5. The molecule has 0 atom stereocenters. The first kappa shape index (κ1) is 14.9. The Morgan fingerprint density at radius 1 is 1.25 bits per heavy atom. The van der Waals surface area contributed by atoms with Crippen molar-refractivity contribution < 1.29 is 0 Å². The number of hydrogen-bond donors (Lipinski definition) is 1. The number of anilines is 1. The van der Waals surface area contributed by atoms with Crippen LogP contribution in [0.15, 0.2) is 30.6 Å². The standard InChI is InChI=1S/C15H25N5/c1-3-5-16-12-14(2)13-19-8-10-20(11-9-19)15-17-6-4-7-18-15/h4,6-7,16H,2-3,5,8-13H2,1H3. The molecule has 0 radical (unpaired) electrons. The summed E-state index contributed by atoms with van der Waals surface area (Å²) in [6.45, 7) is 13.4. The third-order valence-corrected chi connectivity index (χ3v) is 3.46. The fourth-order valence-corrected chi connectivity index (χ4v) is 2.37. The van der Waals surface area contributed by atoms with E-state index >= 15 is 0 Å². The van der Waals surface area contributed by atoms with Crippen LogP contribution in [0.2, 0.25) is 0 Å². The predicted molar refractivity (Wildman–Crippen MR) is 83.0 cm³/mol. The molecule has 1 N–H and O–H groups in total. The van der Waals surface area contributed by atoms with Gasteiger partial charge in [0.05, 0.1) is 0 Å². The lowest BCUT2D eigenvalue weighted by Crippen LogP contribution is -2.47. The highest BCUT2D eigenvalue weighted by molar-refractivity contribution is 5.29. The van der Waals surface area contributed by atoms with E-state index in [1.807, 2.05) is 6.07 Å². The van der Waals surface area contributed by atoms with Gasteiger partial charge in [0.15, 0.2) is 0 Å². The molecule has 0 aromatic carbocycles. The SMILES string of the molecule is C=C(CNCCC)CN1CCN(c2ncccn2)CC1. The molecule has 0 bridgehead atoms. The zero-order valence-corrected chi connectivity index (χ0v) is 12.4. The number of nitrogens with zero attached hydrogens (tertiary/aromatic N) is 4. The summed E-state index contributed by atoms with van der Waals surface area (Å²) in [5, 5.41) is 3.40. The van der Waals surface area contributed by atoms with Gasteiger partial charge in [-0.05, 0) is 24.6 Å². The summed E-state index contributed by atoms with van der Waals surface area (Å²) in [6, 6.07) is 1.85. The molecule has 1 fully saturated rings.